The van der Waals surface area contributed by atoms with Gasteiger partial charge in [-0.25, -0.2) is 0 Å². The molecule has 7 heteroatoms. The molecule has 0 atom stereocenters. The Hall–Kier alpha value is -3.58. The largest absolute Gasteiger partial charge is 0.497 e. The number of benzene rings is 2. The molecule has 2 aromatic heterocycles. The molecule has 0 spiro atoms. The van der Waals surface area contributed by atoms with Gasteiger partial charge in [-0.15, -0.1) is 11.3 Å². The Bertz CT molecular complexity index is 1300. The summed E-state index contributed by atoms with van der Waals surface area (Å²) in [6.45, 7) is 3.75. The van der Waals surface area contributed by atoms with Gasteiger partial charge in [0, 0.05) is 27.9 Å². The molecule has 0 bridgehead atoms. The van der Waals surface area contributed by atoms with Gasteiger partial charge in [-0.1, -0.05) is 18.2 Å². The van der Waals surface area contributed by atoms with Crippen molar-refractivity contribution >= 4 is 39.1 Å². The highest BCUT2D eigenvalue weighted by atomic mass is 32.1. The quantitative estimate of drug-likeness (QED) is 0.364. The van der Waals surface area contributed by atoms with Gasteiger partial charge in [0.05, 0.1) is 12.7 Å². The van der Waals surface area contributed by atoms with E-state index in [1.807, 2.05) is 56.3 Å². The van der Waals surface area contributed by atoms with Crippen LogP contribution in [0.4, 0.5) is 5.00 Å². The highest BCUT2D eigenvalue weighted by Gasteiger charge is 2.20. The Labute approximate surface area is 190 Å². The van der Waals surface area contributed by atoms with E-state index >= 15 is 0 Å². The number of hydrogen-bond donors (Lipinski definition) is 3. The van der Waals surface area contributed by atoms with Crippen molar-refractivity contribution in [3.8, 4) is 17.0 Å². The number of amides is 2. The standard InChI is InChI=1S/C25H25N3O3S/c1-14-15(2)32-25(22(14)24(26)30)28-21(29)13-12-19-18-6-4-5-7-20(18)27-23(19)16-8-10-17(31-3)11-9-16/h4-11,27H,12-13H2,1-3H3,(H2,26,30)(H,28,29). The smallest absolute Gasteiger partial charge is 0.251 e. The number of carbonyl (C=O) groups is 2. The molecule has 6 nitrogen and oxygen atoms in total. The highest BCUT2D eigenvalue weighted by Crippen LogP contribution is 2.34. The minimum Gasteiger partial charge on any atom is -0.497 e. The number of aromatic nitrogens is 1. The van der Waals surface area contributed by atoms with Gasteiger partial charge in [0.2, 0.25) is 5.91 Å². The average Bonchev–Trinajstić information content (AvgIpc) is 3.29. The van der Waals surface area contributed by atoms with E-state index in [1.54, 1.807) is 7.11 Å². The Balaban J connectivity index is 1.60. The fraction of sp³-hybridized carbons (Fsp3) is 0.200. The van der Waals surface area contributed by atoms with Crippen molar-refractivity contribution in [1.29, 1.82) is 0 Å². The monoisotopic (exact) mass is 447 g/mol. The Morgan fingerprint density at radius 3 is 2.50 bits per heavy atom. The van der Waals surface area contributed by atoms with Gasteiger partial charge in [0.25, 0.3) is 5.91 Å². The molecule has 0 aliphatic carbocycles. The summed E-state index contributed by atoms with van der Waals surface area (Å²) < 4.78 is 5.27. The number of nitrogens with one attached hydrogen (secondary N) is 2. The lowest BCUT2D eigenvalue weighted by Crippen LogP contribution is -2.17. The van der Waals surface area contributed by atoms with Gasteiger partial charge in [-0.05, 0) is 67.3 Å². The zero-order valence-electron chi connectivity index (χ0n) is 18.2. The van der Waals surface area contributed by atoms with Crippen molar-refractivity contribution in [3.05, 3.63) is 70.1 Å². The second-order valence-corrected chi connectivity index (χ2v) is 8.88. The fourth-order valence-electron chi connectivity index (χ4n) is 3.90. The lowest BCUT2D eigenvalue weighted by atomic mass is 10.0. The first-order valence-electron chi connectivity index (χ1n) is 10.3. The normalized spacial score (nSPS) is 11.0. The number of aromatic amines is 1. The predicted octanol–water partition coefficient (Wildman–Crippen LogP) is 5.19. The Morgan fingerprint density at radius 2 is 1.81 bits per heavy atom. The van der Waals surface area contributed by atoms with Gasteiger partial charge in [-0.2, -0.15) is 0 Å². The summed E-state index contributed by atoms with van der Waals surface area (Å²) in [5.41, 5.74) is 10.9. The summed E-state index contributed by atoms with van der Waals surface area (Å²) >= 11 is 1.38. The molecule has 2 amide bonds. The molecular formula is C25H25N3O3S. The van der Waals surface area contributed by atoms with E-state index in [-0.39, 0.29) is 12.3 Å². The molecule has 4 N–H and O–H groups in total. The summed E-state index contributed by atoms with van der Waals surface area (Å²) in [7, 11) is 1.64. The minimum atomic E-state index is -0.527. The maximum absolute atomic E-state index is 12.8. The van der Waals surface area contributed by atoms with E-state index in [0.29, 0.717) is 17.0 Å². The zero-order valence-corrected chi connectivity index (χ0v) is 19.1. The minimum absolute atomic E-state index is 0.153. The molecule has 0 aliphatic heterocycles. The van der Waals surface area contributed by atoms with Crippen molar-refractivity contribution in [2.75, 3.05) is 12.4 Å². The molecule has 4 rings (SSSR count). The van der Waals surface area contributed by atoms with Gasteiger partial charge in [-0.3, -0.25) is 9.59 Å². The molecule has 32 heavy (non-hydrogen) atoms. The third kappa shape index (κ3) is 4.11. The molecule has 2 aromatic carbocycles. The second-order valence-electron chi connectivity index (χ2n) is 7.65. The number of para-hydroxylation sites is 1. The van der Waals surface area contributed by atoms with Crippen LogP contribution in [-0.4, -0.2) is 23.9 Å². The molecule has 0 radical (unpaired) electrons. The van der Waals surface area contributed by atoms with E-state index < -0.39 is 5.91 Å². The van der Waals surface area contributed by atoms with E-state index in [9.17, 15) is 9.59 Å². The first-order chi connectivity index (χ1) is 15.4. The van der Waals surface area contributed by atoms with Crippen LogP contribution in [0.15, 0.2) is 48.5 Å². The highest BCUT2D eigenvalue weighted by molar-refractivity contribution is 7.16. The van der Waals surface area contributed by atoms with Crippen LogP contribution in [-0.2, 0) is 11.2 Å². The van der Waals surface area contributed by atoms with Crippen molar-refractivity contribution in [3.63, 3.8) is 0 Å². The summed E-state index contributed by atoms with van der Waals surface area (Å²) in [5.74, 6) is 0.109. The molecular weight excluding hydrogens is 422 g/mol. The molecule has 0 unspecified atom stereocenters. The number of methoxy groups -OCH3 is 1. The molecule has 164 valence electrons. The van der Waals surface area contributed by atoms with Crippen LogP contribution < -0.4 is 15.8 Å². The number of hydrogen-bond acceptors (Lipinski definition) is 4. The summed E-state index contributed by atoms with van der Waals surface area (Å²) in [6.07, 6.45) is 0.825. The first kappa shape index (κ1) is 21.6. The van der Waals surface area contributed by atoms with Gasteiger partial charge in [0.1, 0.15) is 10.8 Å². The van der Waals surface area contributed by atoms with Crippen molar-refractivity contribution in [2.45, 2.75) is 26.7 Å². The number of fused-ring (bicyclic) bond motifs is 1. The maximum Gasteiger partial charge on any atom is 0.251 e. The number of rotatable bonds is 7. The van der Waals surface area contributed by atoms with E-state index in [0.717, 1.165) is 43.9 Å². The Morgan fingerprint density at radius 1 is 1.09 bits per heavy atom. The van der Waals surface area contributed by atoms with Crippen LogP contribution in [0, 0.1) is 13.8 Å². The lowest BCUT2D eigenvalue weighted by molar-refractivity contribution is -0.116. The van der Waals surface area contributed by atoms with Gasteiger partial charge < -0.3 is 20.8 Å². The van der Waals surface area contributed by atoms with E-state index in [4.69, 9.17) is 10.5 Å². The number of thiophene rings is 1. The summed E-state index contributed by atoms with van der Waals surface area (Å²) in [6, 6.07) is 15.9. The van der Waals surface area contributed by atoms with E-state index in [1.165, 1.54) is 11.3 Å². The molecule has 4 aromatic rings. The number of aryl methyl sites for hydroxylation is 2. The molecule has 0 fully saturated rings. The zero-order chi connectivity index (χ0) is 22.8. The third-order valence-electron chi connectivity index (χ3n) is 5.68. The average molecular weight is 448 g/mol. The number of primary amides is 1. The number of H-pyrrole nitrogens is 1. The number of nitrogens with two attached hydrogens (primary N) is 1. The Kier molecular flexibility index (Phi) is 6.01. The van der Waals surface area contributed by atoms with Gasteiger partial charge in [0.15, 0.2) is 0 Å². The van der Waals surface area contributed by atoms with Gasteiger partial charge >= 0.3 is 0 Å². The number of anilines is 1. The molecule has 0 saturated heterocycles. The molecule has 0 aliphatic rings. The number of ether oxygens (including phenoxy) is 1. The predicted molar refractivity (Wildman–Crippen MR) is 130 cm³/mol. The van der Waals surface area contributed by atoms with E-state index in [2.05, 4.69) is 16.4 Å². The topological polar surface area (TPSA) is 97.2 Å². The van der Waals surface area contributed by atoms with Crippen LogP contribution in [0.3, 0.4) is 0 Å². The second kappa shape index (κ2) is 8.88. The van der Waals surface area contributed by atoms with Crippen molar-refractivity contribution in [1.82, 2.24) is 4.98 Å². The first-order valence-corrected chi connectivity index (χ1v) is 11.1. The van der Waals surface area contributed by atoms with Crippen LogP contribution in [0.5, 0.6) is 5.75 Å². The van der Waals surface area contributed by atoms with Crippen LogP contribution >= 0.6 is 11.3 Å². The van der Waals surface area contributed by atoms with Crippen LogP contribution in [0.2, 0.25) is 0 Å². The SMILES string of the molecule is COc1ccc(-c2[nH]c3ccccc3c2CCC(=O)Nc2sc(C)c(C)c2C(N)=O)cc1. The number of carbonyl (C=O) groups excluding carboxylic acids is 2. The summed E-state index contributed by atoms with van der Waals surface area (Å²) in [4.78, 5) is 29.1. The summed E-state index contributed by atoms with van der Waals surface area (Å²) in [5, 5.41) is 4.50. The molecule has 2 heterocycles. The van der Waals surface area contributed by atoms with Crippen molar-refractivity contribution in [2.24, 2.45) is 5.73 Å². The lowest BCUT2D eigenvalue weighted by Gasteiger charge is -2.08. The fourth-order valence-corrected chi connectivity index (χ4v) is 4.99. The molecule has 0 saturated carbocycles. The maximum atomic E-state index is 12.8. The van der Waals surface area contributed by atoms with Crippen LogP contribution in [0.1, 0.15) is 32.8 Å². The third-order valence-corrected chi connectivity index (χ3v) is 6.80. The van der Waals surface area contributed by atoms with Crippen molar-refractivity contribution < 1.29 is 14.3 Å². The van der Waals surface area contributed by atoms with Crippen LogP contribution in [0.25, 0.3) is 22.2 Å².